The number of likely N-dealkylation sites (N-methyl/N-ethyl adjacent to an activating group) is 1. The molecule has 0 fully saturated rings. The third-order valence-electron chi connectivity index (χ3n) is 3.95. The van der Waals surface area contributed by atoms with Crippen LogP contribution >= 0.6 is 11.8 Å². The minimum Gasteiger partial charge on any atom is -0.447 e. The van der Waals surface area contributed by atoms with Crippen molar-refractivity contribution >= 4 is 29.0 Å². The molecule has 0 saturated heterocycles. The number of amides is 1. The van der Waals surface area contributed by atoms with Gasteiger partial charge in [0.1, 0.15) is 5.03 Å². The van der Waals surface area contributed by atoms with Gasteiger partial charge in [0.2, 0.25) is 5.76 Å². The highest BCUT2D eigenvalue weighted by Gasteiger charge is 2.32. The first-order chi connectivity index (χ1) is 11.7. The van der Waals surface area contributed by atoms with Gasteiger partial charge in [-0.25, -0.2) is 0 Å². The van der Waals surface area contributed by atoms with Crippen molar-refractivity contribution in [3.05, 3.63) is 65.4 Å². The number of thioether (sulfide) groups is 1. The summed E-state index contributed by atoms with van der Waals surface area (Å²) in [6.07, 6.45) is 1.96. The molecule has 1 aliphatic heterocycles. The molecule has 1 amide bonds. The summed E-state index contributed by atoms with van der Waals surface area (Å²) in [5.74, 6) is 0.937. The van der Waals surface area contributed by atoms with E-state index in [9.17, 15) is 4.79 Å². The van der Waals surface area contributed by atoms with Crippen LogP contribution in [0.3, 0.4) is 0 Å². The second kappa shape index (κ2) is 7.01. The average molecular weight is 340 g/mol. The van der Waals surface area contributed by atoms with Crippen molar-refractivity contribution in [2.24, 2.45) is 0 Å². The third-order valence-corrected chi connectivity index (χ3v) is 4.75. The van der Waals surface area contributed by atoms with Crippen molar-refractivity contribution in [2.75, 3.05) is 29.6 Å². The molecule has 1 aliphatic rings. The van der Waals surface area contributed by atoms with E-state index in [1.165, 1.54) is 11.8 Å². The highest BCUT2D eigenvalue weighted by molar-refractivity contribution is 8.02. The third kappa shape index (κ3) is 2.87. The Bertz CT molecular complexity index is 774. The zero-order chi connectivity index (χ0) is 17.1. The normalized spacial score (nSPS) is 15.6. The van der Waals surface area contributed by atoms with Crippen LogP contribution in [0.15, 0.2) is 65.4 Å². The van der Waals surface area contributed by atoms with Crippen molar-refractivity contribution in [2.45, 2.75) is 6.92 Å². The lowest BCUT2D eigenvalue weighted by atomic mass is 10.2. The van der Waals surface area contributed by atoms with Gasteiger partial charge in [-0.15, -0.1) is 11.8 Å². The van der Waals surface area contributed by atoms with Gasteiger partial charge in [-0.05, 0) is 37.4 Å². The highest BCUT2D eigenvalue weighted by atomic mass is 32.2. The van der Waals surface area contributed by atoms with E-state index >= 15 is 0 Å². The molecular weight excluding hydrogens is 320 g/mol. The molecule has 24 heavy (non-hydrogen) atoms. The van der Waals surface area contributed by atoms with E-state index < -0.39 is 0 Å². The van der Waals surface area contributed by atoms with Crippen LogP contribution in [0.5, 0.6) is 5.75 Å². The second-order valence-corrected chi connectivity index (χ2v) is 6.15. The van der Waals surface area contributed by atoms with Gasteiger partial charge >= 0.3 is 0 Å². The maximum Gasteiger partial charge on any atom is 0.296 e. The van der Waals surface area contributed by atoms with Gasteiger partial charge < -0.3 is 14.5 Å². The van der Waals surface area contributed by atoms with Gasteiger partial charge in [-0.3, -0.25) is 4.79 Å². The second-order valence-electron chi connectivity index (χ2n) is 5.35. The first kappa shape index (κ1) is 16.5. The molecule has 124 valence electrons. The van der Waals surface area contributed by atoms with E-state index in [4.69, 9.17) is 4.74 Å². The number of hydrogen-bond donors (Lipinski definition) is 0. The summed E-state index contributed by atoms with van der Waals surface area (Å²) in [5.41, 5.74) is 1.82. The molecule has 0 radical (unpaired) electrons. The Kier molecular flexibility index (Phi) is 4.81. The molecule has 0 bridgehead atoms. The zero-order valence-electron chi connectivity index (χ0n) is 14.0. The van der Waals surface area contributed by atoms with Crippen LogP contribution in [0.4, 0.5) is 11.4 Å². The lowest BCUT2D eigenvalue weighted by Gasteiger charge is -2.32. The first-order valence-corrected chi connectivity index (χ1v) is 9.05. The molecule has 3 rings (SSSR count). The van der Waals surface area contributed by atoms with Crippen LogP contribution in [0.1, 0.15) is 6.92 Å². The molecular formula is C19H20N2O2S. The van der Waals surface area contributed by atoms with Crippen LogP contribution in [-0.2, 0) is 4.79 Å². The monoisotopic (exact) mass is 340 g/mol. The summed E-state index contributed by atoms with van der Waals surface area (Å²) in [6, 6.07) is 17.6. The van der Waals surface area contributed by atoms with E-state index in [-0.39, 0.29) is 5.91 Å². The Morgan fingerprint density at radius 1 is 1.12 bits per heavy atom. The smallest absolute Gasteiger partial charge is 0.296 e. The molecule has 1 heterocycles. The lowest BCUT2D eigenvalue weighted by Crippen LogP contribution is -2.37. The number of benzene rings is 2. The molecule has 0 N–H and O–H groups in total. The Morgan fingerprint density at radius 3 is 2.46 bits per heavy atom. The number of carbonyl (C=O) groups is 1. The van der Waals surface area contributed by atoms with Crippen molar-refractivity contribution in [3.63, 3.8) is 0 Å². The number of anilines is 2. The summed E-state index contributed by atoms with van der Waals surface area (Å²) in [4.78, 5) is 16.6. The predicted molar refractivity (Wildman–Crippen MR) is 100 cm³/mol. The van der Waals surface area contributed by atoms with E-state index in [0.717, 1.165) is 22.9 Å². The number of ether oxygens (including phenoxy) is 1. The van der Waals surface area contributed by atoms with Crippen LogP contribution < -0.4 is 14.5 Å². The van der Waals surface area contributed by atoms with Gasteiger partial charge in [0, 0.05) is 19.3 Å². The number of para-hydroxylation sites is 3. The molecule has 0 atom stereocenters. The van der Waals surface area contributed by atoms with E-state index in [1.807, 2.05) is 60.9 Å². The fourth-order valence-corrected chi connectivity index (χ4v) is 3.52. The van der Waals surface area contributed by atoms with E-state index in [2.05, 4.69) is 11.8 Å². The standard InChI is InChI=1S/C19H20N2O2S/c1-4-21(14-10-6-5-7-11-14)19(24-3)17-18(22)20(2)15-12-8-9-13-16(15)23-17/h5-13H,4H2,1-3H3/b19-17+. The molecule has 0 saturated carbocycles. The van der Waals surface area contributed by atoms with Gasteiger partial charge in [-0.1, -0.05) is 30.3 Å². The van der Waals surface area contributed by atoms with Crippen LogP contribution in [-0.4, -0.2) is 25.8 Å². The first-order valence-electron chi connectivity index (χ1n) is 7.83. The molecule has 2 aromatic carbocycles. The lowest BCUT2D eigenvalue weighted by molar-refractivity contribution is -0.117. The maximum atomic E-state index is 12.8. The summed E-state index contributed by atoms with van der Waals surface area (Å²) >= 11 is 1.52. The number of hydrogen-bond acceptors (Lipinski definition) is 4. The molecule has 0 unspecified atom stereocenters. The van der Waals surface area contributed by atoms with Crippen LogP contribution in [0.25, 0.3) is 0 Å². The van der Waals surface area contributed by atoms with Gasteiger partial charge in [0.05, 0.1) is 5.69 Å². The molecule has 4 nitrogen and oxygen atoms in total. The molecule has 5 heteroatoms. The number of carbonyl (C=O) groups excluding carboxylic acids is 1. The largest absolute Gasteiger partial charge is 0.447 e. The Balaban J connectivity index is 2.09. The number of nitrogens with zero attached hydrogens (tertiary/aromatic N) is 2. The van der Waals surface area contributed by atoms with Crippen LogP contribution in [0, 0.1) is 0 Å². The van der Waals surface area contributed by atoms with E-state index in [1.54, 1.807) is 11.9 Å². The van der Waals surface area contributed by atoms with E-state index in [0.29, 0.717) is 11.5 Å². The van der Waals surface area contributed by atoms with Crippen molar-refractivity contribution < 1.29 is 9.53 Å². The fourth-order valence-electron chi connectivity index (χ4n) is 2.75. The fraction of sp³-hybridized carbons (Fsp3) is 0.211. The quantitative estimate of drug-likeness (QED) is 0.785. The minimum absolute atomic E-state index is 0.132. The van der Waals surface area contributed by atoms with Crippen molar-refractivity contribution in [1.82, 2.24) is 0 Å². The predicted octanol–water partition coefficient (Wildman–Crippen LogP) is 4.10. The molecule has 0 aliphatic carbocycles. The van der Waals surface area contributed by atoms with Crippen molar-refractivity contribution in [1.29, 1.82) is 0 Å². The zero-order valence-corrected chi connectivity index (χ0v) is 14.8. The number of rotatable bonds is 4. The SMILES string of the molecule is CCN(/C(SC)=C1\Oc2ccccc2N(C)C1=O)c1ccccc1. The Morgan fingerprint density at radius 2 is 1.79 bits per heavy atom. The topological polar surface area (TPSA) is 32.8 Å². The van der Waals surface area contributed by atoms with Gasteiger partial charge in [-0.2, -0.15) is 0 Å². The summed E-state index contributed by atoms with van der Waals surface area (Å²) in [7, 11) is 1.78. The molecule has 0 spiro atoms. The molecule has 2 aromatic rings. The average Bonchev–Trinajstić information content (AvgIpc) is 2.63. The Labute approximate surface area is 146 Å². The summed E-state index contributed by atoms with van der Waals surface area (Å²) < 4.78 is 6.00. The number of fused-ring (bicyclic) bond motifs is 1. The maximum absolute atomic E-state index is 12.8. The highest BCUT2D eigenvalue weighted by Crippen LogP contribution is 2.38. The minimum atomic E-state index is -0.132. The van der Waals surface area contributed by atoms with Gasteiger partial charge in [0.25, 0.3) is 5.91 Å². The van der Waals surface area contributed by atoms with Crippen LogP contribution in [0.2, 0.25) is 0 Å². The summed E-state index contributed by atoms with van der Waals surface area (Å²) in [5, 5.41) is 0.815. The Hall–Kier alpha value is -2.40. The van der Waals surface area contributed by atoms with Gasteiger partial charge in [0.15, 0.2) is 5.75 Å². The molecule has 0 aromatic heterocycles. The summed E-state index contributed by atoms with van der Waals surface area (Å²) in [6.45, 7) is 2.81. The van der Waals surface area contributed by atoms with Crippen molar-refractivity contribution in [3.8, 4) is 5.75 Å².